The van der Waals surface area contributed by atoms with Crippen molar-refractivity contribution in [1.29, 1.82) is 0 Å². The van der Waals surface area contributed by atoms with Gasteiger partial charge in [0.25, 0.3) is 0 Å². The van der Waals surface area contributed by atoms with Gasteiger partial charge in [-0.15, -0.1) is 0 Å². The zero-order valence-corrected chi connectivity index (χ0v) is 20.2. The summed E-state index contributed by atoms with van der Waals surface area (Å²) >= 11 is 0. The maximum atomic E-state index is 12.5. The second kappa shape index (κ2) is 11.0. The number of nitrogens with one attached hydrogen (secondary N) is 2. The molecular formula is C21H40N2O8. The van der Waals surface area contributed by atoms with Crippen molar-refractivity contribution in [3.63, 3.8) is 0 Å². The third kappa shape index (κ3) is 13.8. The summed E-state index contributed by atoms with van der Waals surface area (Å²) in [6, 6.07) is 0. The van der Waals surface area contributed by atoms with E-state index in [1.54, 1.807) is 55.4 Å². The van der Waals surface area contributed by atoms with E-state index >= 15 is 0 Å². The first-order valence-corrected chi connectivity index (χ1v) is 10.2. The molecule has 0 aromatic carbocycles. The molecule has 2 amide bonds. The molecule has 0 radical (unpaired) electrons. The highest BCUT2D eigenvalue weighted by atomic mass is 16.6. The number of rotatable bonds is 11. The van der Waals surface area contributed by atoms with Gasteiger partial charge in [0.2, 0.25) is 0 Å². The molecule has 0 spiro atoms. The van der Waals surface area contributed by atoms with E-state index in [0.717, 1.165) is 0 Å². The van der Waals surface area contributed by atoms with Crippen molar-refractivity contribution in [2.45, 2.75) is 104 Å². The van der Waals surface area contributed by atoms with Crippen LogP contribution in [0.15, 0.2) is 0 Å². The standard InChI is InChI=1S/C21H40N2O8/c1-14(25)30-20(6,7)13-21(8,9)31-17(28)23-19(4,5)12-18(2,3)22-16(27)29-11-15(26)10-24/h15,24,26H,10-13H2,1-9H3,(H,22,27)(H,23,28). The fourth-order valence-electron chi connectivity index (χ4n) is 3.77. The van der Waals surface area contributed by atoms with Crippen LogP contribution in [0.25, 0.3) is 0 Å². The van der Waals surface area contributed by atoms with Crippen LogP contribution in [-0.2, 0) is 19.0 Å². The molecule has 10 heteroatoms. The smallest absolute Gasteiger partial charge is 0.408 e. The molecule has 10 nitrogen and oxygen atoms in total. The minimum absolute atomic E-state index is 0.298. The number of esters is 1. The first-order valence-electron chi connectivity index (χ1n) is 10.2. The summed E-state index contributed by atoms with van der Waals surface area (Å²) in [4.78, 5) is 35.7. The maximum absolute atomic E-state index is 12.5. The lowest BCUT2D eigenvalue weighted by molar-refractivity contribution is -0.158. The van der Waals surface area contributed by atoms with Gasteiger partial charge in [-0.2, -0.15) is 0 Å². The van der Waals surface area contributed by atoms with Crippen LogP contribution >= 0.6 is 0 Å². The first kappa shape index (κ1) is 28.9. The van der Waals surface area contributed by atoms with Crippen molar-refractivity contribution >= 4 is 18.2 Å². The van der Waals surface area contributed by atoms with Crippen LogP contribution in [0.2, 0.25) is 0 Å². The molecule has 1 unspecified atom stereocenters. The summed E-state index contributed by atoms with van der Waals surface area (Å²) < 4.78 is 15.7. The van der Waals surface area contributed by atoms with Crippen molar-refractivity contribution in [2.24, 2.45) is 0 Å². The van der Waals surface area contributed by atoms with Crippen molar-refractivity contribution in [2.75, 3.05) is 13.2 Å². The van der Waals surface area contributed by atoms with Crippen LogP contribution in [0.1, 0.15) is 75.2 Å². The molecule has 0 fully saturated rings. The number of hydrogen-bond acceptors (Lipinski definition) is 8. The molecule has 0 aliphatic heterocycles. The Morgan fingerprint density at radius 2 is 1.26 bits per heavy atom. The van der Waals surface area contributed by atoms with Crippen LogP contribution in [0.3, 0.4) is 0 Å². The second-order valence-corrected chi connectivity index (χ2v) is 10.3. The van der Waals surface area contributed by atoms with Gasteiger partial charge in [0.05, 0.1) is 6.61 Å². The zero-order chi connectivity index (χ0) is 24.7. The van der Waals surface area contributed by atoms with Crippen LogP contribution < -0.4 is 10.6 Å². The second-order valence-electron chi connectivity index (χ2n) is 10.3. The summed E-state index contributed by atoms with van der Waals surface area (Å²) in [5.41, 5.74) is -3.21. The van der Waals surface area contributed by atoms with E-state index in [0.29, 0.717) is 12.8 Å². The van der Waals surface area contributed by atoms with Crippen molar-refractivity contribution in [3.05, 3.63) is 0 Å². The van der Waals surface area contributed by atoms with Crippen LogP contribution in [0.5, 0.6) is 0 Å². The Morgan fingerprint density at radius 3 is 1.71 bits per heavy atom. The highest BCUT2D eigenvalue weighted by Crippen LogP contribution is 2.27. The number of amides is 2. The topological polar surface area (TPSA) is 143 Å². The van der Waals surface area contributed by atoms with Gasteiger partial charge in [0, 0.05) is 24.4 Å². The van der Waals surface area contributed by atoms with E-state index in [2.05, 4.69) is 10.6 Å². The number of aliphatic hydroxyl groups is 2. The molecule has 0 aliphatic carbocycles. The predicted octanol–water partition coefficient (Wildman–Crippen LogP) is 2.25. The normalized spacial score (nSPS) is 13.8. The lowest BCUT2D eigenvalue weighted by Crippen LogP contribution is -2.55. The molecule has 0 aromatic rings. The molecule has 0 heterocycles. The average Bonchev–Trinajstić information content (AvgIpc) is 2.46. The number of aliphatic hydroxyl groups excluding tert-OH is 2. The summed E-state index contributed by atoms with van der Waals surface area (Å²) in [5.74, 6) is -0.412. The Labute approximate surface area is 185 Å². The summed E-state index contributed by atoms with van der Waals surface area (Å²) in [7, 11) is 0. The molecule has 0 aliphatic rings. The predicted molar refractivity (Wildman–Crippen MR) is 115 cm³/mol. The molecule has 182 valence electrons. The molecule has 0 saturated carbocycles. The number of hydrogen-bond donors (Lipinski definition) is 4. The van der Waals surface area contributed by atoms with E-state index in [-0.39, 0.29) is 6.61 Å². The van der Waals surface area contributed by atoms with Gasteiger partial charge in [-0.05, 0) is 61.8 Å². The highest BCUT2D eigenvalue weighted by molar-refractivity contribution is 5.69. The number of alkyl carbamates (subject to hydrolysis) is 2. The Morgan fingerprint density at radius 1 is 0.806 bits per heavy atom. The Bertz CT molecular complexity index is 629. The highest BCUT2D eigenvalue weighted by Gasteiger charge is 2.37. The van der Waals surface area contributed by atoms with Crippen molar-refractivity contribution in [1.82, 2.24) is 10.6 Å². The third-order valence-corrected chi connectivity index (χ3v) is 4.02. The van der Waals surface area contributed by atoms with E-state index in [9.17, 15) is 19.5 Å². The molecule has 0 aromatic heterocycles. The fourth-order valence-corrected chi connectivity index (χ4v) is 3.77. The quantitative estimate of drug-likeness (QED) is 0.278. The van der Waals surface area contributed by atoms with Gasteiger partial charge in [0.15, 0.2) is 0 Å². The summed E-state index contributed by atoms with van der Waals surface area (Å²) in [6.45, 7) is 14.5. The maximum Gasteiger partial charge on any atom is 0.408 e. The monoisotopic (exact) mass is 448 g/mol. The van der Waals surface area contributed by atoms with Gasteiger partial charge >= 0.3 is 18.2 Å². The lowest BCUT2D eigenvalue weighted by atomic mass is 9.87. The average molecular weight is 449 g/mol. The summed E-state index contributed by atoms with van der Waals surface area (Å²) in [5, 5.41) is 23.5. The molecule has 1 atom stereocenters. The van der Waals surface area contributed by atoms with Gasteiger partial charge in [-0.3, -0.25) is 4.79 Å². The van der Waals surface area contributed by atoms with E-state index < -0.39 is 53.1 Å². The van der Waals surface area contributed by atoms with E-state index in [1.165, 1.54) is 6.92 Å². The molecule has 31 heavy (non-hydrogen) atoms. The zero-order valence-electron chi connectivity index (χ0n) is 20.2. The fraction of sp³-hybridized carbons (Fsp3) is 0.857. The van der Waals surface area contributed by atoms with Crippen molar-refractivity contribution < 1.29 is 38.8 Å². The lowest BCUT2D eigenvalue weighted by Gasteiger charge is -2.37. The Hall–Kier alpha value is -2.07. The van der Waals surface area contributed by atoms with E-state index in [4.69, 9.17) is 19.3 Å². The Balaban J connectivity index is 4.82. The minimum Gasteiger partial charge on any atom is -0.460 e. The van der Waals surface area contributed by atoms with Gasteiger partial charge in [-0.25, -0.2) is 9.59 Å². The Kier molecular flexibility index (Phi) is 10.3. The minimum atomic E-state index is -1.14. The number of carbonyl (C=O) groups is 3. The number of carbonyl (C=O) groups excluding carboxylic acids is 3. The van der Waals surface area contributed by atoms with Crippen LogP contribution in [-0.4, -0.2) is 70.0 Å². The molecule has 4 N–H and O–H groups in total. The van der Waals surface area contributed by atoms with Gasteiger partial charge < -0.3 is 35.1 Å². The molecule has 0 rings (SSSR count). The largest absolute Gasteiger partial charge is 0.460 e. The van der Waals surface area contributed by atoms with Crippen LogP contribution in [0.4, 0.5) is 9.59 Å². The van der Waals surface area contributed by atoms with Crippen molar-refractivity contribution in [3.8, 4) is 0 Å². The van der Waals surface area contributed by atoms with Crippen LogP contribution in [0, 0.1) is 0 Å². The van der Waals surface area contributed by atoms with E-state index in [1.807, 2.05) is 0 Å². The van der Waals surface area contributed by atoms with Gasteiger partial charge in [-0.1, -0.05) is 0 Å². The SMILES string of the molecule is CC(=O)OC(C)(C)CC(C)(C)OC(=O)NC(C)(C)CC(C)(C)NC(=O)OCC(O)CO. The number of ether oxygens (including phenoxy) is 3. The molecular weight excluding hydrogens is 408 g/mol. The van der Waals surface area contributed by atoms with Gasteiger partial charge in [0.1, 0.15) is 23.9 Å². The summed E-state index contributed by atoms with van der Waals surface area (Å²) in [6.07, 6.45) is -1.89. The third-order valence-electron chi connectivity index (χ3n) is 4.02. The molecule has 0 bridgehead atoms. The molecule has 0 saturated heterocycles. The first-order chi connectivity index (χ1) is 13.8.